The van der Waals surface area contributed by atoms with E-state index in [4.69, 9.17) is 14.2 Å². The molecule has 6 nitrogen and oxygen atoms in total. The Morgan fingerprint density at radius 1 is 1.20 bits per heavy atom. The van der Waals surface area contributed by atoms with Crippen molar-refractivity contribution in [1.29, 1.82) is 0 Å². The molecule has 1 aromatic carbocycles. The zero-order valence-corrected chi connectivity index (χ0v) is 15.2. The van der Waals surface area contributed by atoms with E-state index in [1.807, 2.05) is 23.1 Å². The van der Waals surface area contributed by atoms with E-state index >= 15 is 0 Å². The van der Waals surface area contributed by atoms with Crippen LogP contribution in [0.1, 0.15) is 24.3 Å². The van der Waals surface area contributed by atoms with Gasteiger partial charge in [0.15, 0.2) is 0 Å². The Morgan fingerprint density at radius 3 is 2.72 bits per heavy atom. The van der Waals surface area contributed by atoms with Crippen molar-refractivity contribution in [3.05, 3.63) is 23.8 Å². The number of morpholine rings is 1. The molecule has 3 rings (SSSR count). The fraction of sp³-hybridized carbons (Fsp3) is 0.632. The molecule has 2 saturated heterocycles. The summed E-state index contributed by atoms with van der Waals surface area (Å²) in [4.78, 5) is 16.9. The first kappa shape index (κ1) is 18.0. The standard InChI is InChI=1S/C19H28N2O4/c1-23-16-3-4-18(24-2)17(13-16)15-5-8-21(14-15)19(22)6-7-20-9-11-25-12-10-20/h3-4,13,15H,5-12,14H2,1-2H3/t15-/m1/s1. The number of nitrogens with zero attached hydrogens (tertiary/aromatic N) is 2. The predicted molar refractivity (Wildman–Crippen MR) is 95.4 cm³/mol. The van der Waals surface area contributed by atoms with E-state index in [1.165, 1.54) is 0 Å². The highest BCUT2D eigenvalue weighted by Gasteiger charge is 2.29. The molecule has 2 fully saturated rings. The van der Waals surface area contributed by atoms with Crippen LogP contribution in [0.4, 0.5) is 0 Å². The molecule has 0 aliphatic carbocycles. The van der Waals surface area contributed by atoms with Gasteiger partial charge >= 0.3 is 0 Å². The van der Waals surface area contributed by atoms with Crippen LogP contribution in [-0.2, 0) is 9.53 Å². The van der Waals surface area contributed by atoms with Crippen LogP contribution < -0.4 is 9.47 Å². The van der Waals surface area contributed by atoms with Gasteiger partial charge in [-0.05, 0) is 24.6 Å². The molecule has 138 valence electrons. The van der Waals surface area contributed by atoms with E-state index in [9.17, 15) is 4.79 Å². The molecule has 0 spiro atoms. The minimum absolute atomic E-state index is 0.246. The molecule has 1 amide bonds. The zero-order valence-electron chi connectivity index (χ0n) is 15.2. The SMILES string of the molecule is COc1ccc(OC)c([C@@H]2CCN(C(=O)CCN3CCOCC3)C2)c1. The topological polar surface area (TPSA) is 51.2 Å². The molecule has 0 aromatic heterocycles. The number of likely N-dealkylation sites (tertiary alicyclic amines) is 1. The minimum atomic E-state index is 0.246. The Kier molecular flexibility index (Phi) is 6.15. The summed E-state index contributed by atoms with van der Waals surface area (Å²) >= 11 is 0. The molecule has 1 aromatic rings. The highest BCUT2D eigenvalue weighted by atomic mass is 16.5. The summed E-state index contributed by atoms with van der Waals surface area (Å²) in [5.74, 6) is 2.24. The third kappa shape index (κ3) is 4.44. The largest absolute Gasteiger partial charge is 0.497 e. The quantitative estimate of drug-likeness (QED) is 0.784. The molecule has 0 radical (unpaired) electrons. The predicted octanol–water partition coefficient (Wildman–Crippen LogP) is 1.74. The first-order chi connectivity index (χ1) is 12.2. The summed E-state index contributed by atoms with van der Waals surface area (Å²) < 4.78 is 16.2. The number of rotatable bonds is 6. The Labute approximate surface area is 149 Å². The number of hydrogen-bond acceptors (Lipinski definition) is 5. The van der Waals surface area contributed by atoms with Crippen LogP contribution in [0.25, 0.3) is 0 Å². The smallest absolute Gasteiger partial charge is 0.223 e. The maximum absolute atomic E-state index is 12.6. The van der Waals surface area contributed by atoms with E-state index in [0.717, 1.165) is 69.4 Å². The van der Waals surface area contributed by atoms with Gasteiger partial charge in [-0.3, -0.25) is 9.69 Å². The fourth-order valence-corrected chi connectivity index (χ4v) is 3.64. The number of carbonyl (C=O) groups is 1. The van der Waals surface area contributed by atoms with Crippen molar-refractivity contribution in [2.75, 3.05) is 60.2 Å². The lowest BCUT2D eigenvalue weighted by Gasteiger charge is -2.27. The van der Waals surface area contributed by atoms with Gasteiger partial charge in [0.1, 0.15) is 11.5 Å². The molecule has 2 aliphatic heterocycles. The fourth-order valence-electron chi connectivity index (χ4n) is 3.64. The van der Waals surface area contributed by atoms with Crippen LogP contribution in [-0.4, -0.2) is 75.9 Å². The molecule has 25 heavy (non-hydrogen) atoms. The van der Waals surface area contributed by atoms with Gasteiger partial charge in [0.2, 0.25) is 5.91 Å². The Balaban J connectivity index is 1.56. The van der Waals surface area contributed by atoms with Gasteiger partial charge in [-0.1, -0.05) is 0 Å². The van der Waals surface area contributed by atoms with E-state index in [0.29, 0.717) is 12.3 Å². The lowest BCUT2D eigenvalue weighted by Crippen LogP contribution is -2.39. The van der Waals surface area contributed by atoms with Crippen LogP contribution in [0, 0.1) is 0 Å². The summed E-state index contributed by atoms with van der Waals surface area (Å²) in [5.41, 5.74) is 1.13. The third-order valence-corrected chi connectivity index (χ3v) is 5.16. The number of hydrogen-bond donors (Lipinski definition) is 0. The van der Waals surface area contributed by atoms with Gasteiger partial charge in [0, 0.05) is 50.6 Å². The molecular formula is C19H28N2O4. The molecular weight excluding hydrogens is 320 g/mol. The average molecular weight is 348 g/mol. The second-order valence-electron chi connectivity index (χ2n) is 6.64. The van der Waals surface area contributed by atoms with Crippen molar-refractivity contribution in [3.8, 4) is 11.5 Å². The highest BCUT2D eigenvalue weighted by Crippen LogP contribution is 2.36. The number of benzene rings is 1. The van der Waals surface area contributed by atoms with Crippen LogP contribution in [0.5, 0.6) is 11.5 Å². The highest BCUT2D eigenvalue weighted by molar-refractivity contribution is 5.76. The van der Waals surface area contributed by atoms with Gasteiger partial charge < -0.3 is 19.1 Å². The molecule has 6 heteroatoms. The maximum Gasteiger partial charge on any atom is 0.223 e. The molecule has 0 N–H and O–H groups in total. The lowest BCUT2D eigenvalue weighted by atomic mass is 9.97. The van der Waals surface area contributed by atoms with Gasteiger partial charge in [-0.25, -0.2) is 0 Å². The number of methoxy groups -OCH3 is 2. The van der Waals surface area contributed by atoms with E-state index < -0.39 is 0 Å². The zero-order chi connectivity index (χ0) is 17.6. The first-order valence-corrected chi connectivity index (χ1v) is 9.01. The number of ether oxygens (including phenoxy) is 3. The van der Waals surface area contributed by atoms with Crippen molar-refractivity contribution in [1.82, 2.24) is 9.80 Å². The normalized spacial score (nSPS) is 21.4. The van der Waals surface area contributed by atoms with Gasteiger partial charge in [0.05, 0.1) is 27.4 Å². The molecule has 2 heterocycles. The van der Waals surface area contributed by atoms with Crippen LogP contribution >= 0.6 is 0 Å². The first-order valence-electron chi connectivity index (χ1n) is 9.01. The summed E-state index contributed by atoms with van der Waals surface area (Å²) in [6.07, 6.45) is 1.55. The lowest BCUT2D eigenvalue weighted by molar-refractivity contribution is -0.130. The Hall–Kier alpha value is -1.79. The van der Waals surface area contributed by atoms with Crippen molar-refractivity contribution >= 4 is 5.91 Å². The number of amides is 1. The average Bonchev–Trinajstić information content (AvgIpc) is 3.16. The second kappa shape index (κ2) is 8.54. The van der Waals surface area contributed by atoms with E-state index in [2.05, 4.69) is 4.90 Å². The van der Waals surface area contributed by atoms with Crippen molar-refractivity contribution in [2.24, 2.45) is 0 Å². The maximum atomic E-state index is 12.6. The van der Waals surface area contributed by atoms with Crippen LogP contribution in [0.3, 0.4) is 0 Å². The van der Waals surface area contributed by atoms with Gasteiger partial charge in [-0.2, -0.15) is 0 Å². The monoisotopic (exact) mass is 348 g/mol. The summed E-state index contributed by atoms with van der Waals surface area (Å²) in [5, 5.41) is 0. The van der Waals surface area contributed by atoms with Crippen LogP contribution in [0.2, 0.25) is 0 Å². The van der Waals surface area contributed by atoms with Crippen molar-refractivity contribution in [2.45, 2.75) is 18.8 Å². The van der Waals surface area contributed by atoms with Crippen molar-refractivity contribution < 1.29 is 19.0 Å². The number of carbonyl (C=O) groups excluding carboxylic acids is 1. The second-order valence-corrected chi connectivity index (χ2v) is 6.64. The molecule has 0 bridgehead atoms. The van der Waals surface area contributed by atoms with E-state index in [1.54, 1.807) is 14.2 Å². The molecule has 1 atom stereocenters. The molecule has 2 aliphatic rings. The van der Waals surface area contributed by atoms with Crippen molar-refractivity contribution in [3.63, 3.8) is 0 Å². The Morgan fingerprint density at radius 2 is 2.00 bits per heavy atom. The van der Waals surface area contributed by atoms with Crippen LogP contribution in [0.15, 0.2) is 18.2 Å². The third-order valence-electron chi connectivity index (χ3n) is 5.16. The summed E-state index contributed by atoms with van der Waals surface area (Å²) in [7, 11) is 3.35. The Bertz CT molecular complexity index is 587. The van der Waals surface area contributed by atoms with Gasteiger partial charge in [0.25, 0.3) is 0 Å². The summed E-state index contributed by atoms with van der Waals surface area (Å²) in [6.45, 7) is 5.79. The van der Waals surface area contributed by atoms with Gasteiger partial charge in [-0.15, -0.1) is 0 Å². The summed E-state index contributed by atoms with van der Waals surface area (Å²) in [6, 6.07) is 5.88. The van der Waals surface area contributed by atoms with E-state index in [-0.39, 0.29) is 5.91 Å². The molecule has 0 saturated carbocycles. The molecule has 0 unspecified atom stereocenters. The minimum Gasteiger partial charge on any atom is -0.497 e.